The molecule has 0 aliphatic carbocycles. The largest absolute Gasteiger partial charge is 0.493 e. The Labute approximate surface area is 146 Å². The Bertz CT molecular complexity index is 997. The van der Waals surface area contributed by atoms with Crippen LogP contribution in [0.15, 0.2) is 54.9 Å². The Kier molecular flexibility index (Phi) is 4.19. The molecule has 2 aromatic carbocycles. The standard InChI is InChI=1S/C18H19N3O3S/c22-25(23,12-10-21-13-19-16-6-2-3-7-17(16)21)20-15-9-11-24-18-8-4-1-5-14(15)18/h1-8,13,15,20H,9-12H2. The minimum atomic E-state index is -3.42. The van der Waals surface area contributed by atoms with Gasteiger partial charge < -0.3 is 9.30 Å². The third kappa shape index (κ3) is 3.38. The third-order valence-electron chi connectivity index (χ3n) is 4.41. The Morgan fingerprint density at radius 3 is 2.88 bits per heavy atom. The zero-order valence-corrected chi connectivity index (χ0v) is 14.4. The van der Waals surface area contributed by atoms with Crippen molar-refractivity contribution in [2.45, 2.75) is 19.0 Å². The number of aromatic nitrogens is 2. The molecular weight excluding hydrogens is 338 g/mol. The van der Waals surface area contributed by atoms with E-state index in [4.69, 9.17) is 4.74 Å². The van der Waals surface area contributed by atoms with Gasteiger partial charge in [-0.05, 0) is 18.2 Å². The van der Waals surface area contributed by atoms with Gasteiger partial charge in [-0.15, -0.1) is 0 Å². The highest BCUT2D eigenvalue weighted by Crippen LogP contribution is 2.31. The van der Waals surface area contributed by atoms with Crippen LogP contribution in [-0.4, -0.2) is 30.3 Å². The maximum atomic E-state index is 12.6. The lowest BCUT2D eigenvalue weighted by atomic mass is 10.0. The molecule has 130 valence electrons. The van der Waals surface area contributed by atoms with Crippen molar-refractivity contribution >= 4 is 21.1 Å². The predicted octanol–water partition coefficient (Wildman–Crippen LogP) is 2.48. The number of sulfonamides is 1. The number of aryl methyl sites for hydroxylation is 1. The molecule has 25 heavy (non-hydrogen) atoms. The van der Waals surface area contributed by atoms with Gasteiger partial charge in [0.05, 0.1) is 35.8 Å². The fourth-order valence-corrected chi connectivity index (χ4v) is 4.38. The molecule has 0 amide bonds. The first kappa shape index (κ1) is 16.1. The van der Waals surface area contributed by atoms with E-state index in [1.807, 2.05) is 53.1 Å². The second kappa shape index (κ2) is 6.50. The summed E-state index contributed by atoms with van der Waals surface area (Å²) in [6, 6.07) is 15.0. The van der Waals surface area contributed by atoms with E-state index in [9.17, 15) is 8.42 Å². The van der Waals surface area contributed by atoms with Crippen molar-refractivity contribution in [3.63, 3.8) is 0 Å². The van der Waals surface area contributed by atoms with Gasteiger partial charge in [-0.25, -0.2) is 18.1 Å². The molecule has 0 radical (unpaired) electrons. The van der Waals surface area contributed by atoms with Gasteiger partial charge in [0.1, 0.15) is 5.75 Å². The zero-order valence-electron chi connectivity index (χ0n) is 13.6. The second-order valence-corrected chi connectivity index (χ2v) is 7.96. The number of fused-ring (bicyclic) bond motifs is 2. The van der Waals surface area contributed by atoms with Crippen molar-refractivity contribution < 1.29 is 13.2 Å². The summed E-state index contributed by atoms with van der Waals surface area (Å²) < 4.78 is 35.4. The van der Waals surface area contributed by atoms with E-state index >= 15 is 0 Å². The highest BCUT2D eigenvalue weighted by molar-refractivity contribution is 7.89. The summed E-state index contributed by atoms with van der Waals surface area (Å²) in [5.74, 6) is 0.759. The van der Waals surface area contributed by atoms with Crippen LogP contribution in [0.1, 0.15) is 18.0 Å². The lowest BCUT2D eigenvalue weighted by molar-refractivity contribution is 0.263. The van der Waals surface area contributed by atoms with Crippen molar-refractivity contribution in [2.24, 2.45) is 0 Å². The van der Waals surface area contributed by atoms with E-state index in [0.717, 1.165) is 22.3 Å². The Balaban J connectivity index is 1.48. The predicted molar refractivity (Wildman–Crippen MR) is 96.0 cm³/mol. The Morgan fingerprint density at radius 1 is 1.16 bits per heavy atom. The maximum absolute atomic E-state index is 12.6. The van der Waals surface area contributed by atoms with Crippen LogP contribution in [0.5, 0.6) is 5.75 Å². The maximum Gasteiger partial charge on any atom is 0.213 e. The molecule has 4 rings (SSSR count). The van der Waals surface area contributed by atoms with E-state index < -0.39 is 10.0 Å². The van der Waals surface area contributed by atoms with Gasteiger partial charge in [0.2, 0.25) is 10.0 Å². The molecule has 0 fully saturated rings. The van der Waals surface area contributed by atoms with Crippen molar-refractivity contribution in [1.82, 2.24) is 14.3 Å². The summed E-state index contributed by atoms with van der Waals surface area (Å²) in [5.41, 5.74) is 2.70. The molecule has 1 aromatic heterocycles. The molecular formula is C18H19N3O3S. The van der Waals surface area contributed by atoms with E-state index in [-0.39, 0.29) is 11.8 Å². The molecule has 1 atom stereocenters. The van der Waals surface area contributed by atoms with Gasteiger partial charge in [0, 0.05) is 18.5 Å². The van der Waals surface area contributed by atoms with E-state index in [0.29, 0.717) is 19.6 Å². The first-order chi connectivity index (χ1) is 12.1. The number of imidazole rings is 1. The molecule has 3 aromatic rings. The second-order valence-electron chi connectivity index (χ2n) is 6.09. The van der Waals surface area contributed by atoms with Crippen LogP contribution in [0.25, 0.3) is 11.0 Å². The van der Waals surface area contributed by atoms with Gasteiger partial charge in [0.15, 0.2) is 0 Å². The van der Waals surface area contributed by atoms with E-state index in [2.05, 4.69) is 9.71 Å². The normalized spacial score (nSPS) is 17.2. The molecule has 0 spiro atoms. The van der Waals surface area contributed by atoms with E-state index in [1.54, 1.807) is 6.33 Å². The summed E-state index contributed by atoms with van der Waals surface area (Å²) in [5, 5.41) is 0. The first-order valence-corrected chi connectivity index (χ1v) is 9.89. The van der Waals surface area contributed by atoms with Crippen LogP contribution >= 0.6 is 0 Å². The fourth-order valence-electron chi connectivity index (χ4n) is 3.15. The van der Waals surface area contributed by atoms with Crippen LogP contribution in [-0.2, 0) is 16.6 Å². The van der Waals surface area contributed by atoms with E-state index in [1.165, 1.54) is 0 Å². The van der Waals surface area contributed by atoms with Crippen LogP contribution < -0.4 is 9.46 Å². The summed E-state index contributed by atoms with van der Waals surface area (Å²) in [4.78, 5) is 4.30. The number of hydrogen-bond donors (Lipinski definition) is 1. The average Bonchev–Trinajstić information content (AvgIpc) is 3.03. The highest BCUT2D eigenvalue weighted by Gasteiger charge is 2.25. The minimum Gasteiger partial charge on any atom is -0.493 e. The molecule has 0 saturated carbocycles. The number of ether oxygens (including phenoxy) is 1. The summed E-state index contributed by atoms with van der Waals surface area (Å²) >= 11 is 0. The molecule has 7 heteroatoms. The van der Waals surface area contributed by atoms with Crippen LogP contribution in [0.2, 0.25) is 0 Å². The fraction of sp³-hybridized carbons (Fsp3) is 0.278. The number of nitrogens with one attached hydrogen (secondary N) is 1. The Morgan fingerprint density at radius 2 is 1.96 bits per heavy atom. The van der Waals surface area contributed by atoms with Crippen LogP contribution in [0, 0.1) is 0 Å². The van der Waals surface area contributed by atoms with Gasteiger partial charge in [0.25, 0.3) is 0 Å². The van der Waals surface area contributed by atoms with Gasteiger partial charge in [-0.3, -0.25) is 0 Å². The van der Waals surface area contributed by atoms with Crippen molar-refractivity contribution in [1.29, 1.82) is 0 Å². The third-order valence-corrected chi connectivity index (χ3v) is 5.77. The topological polar surface area (TPSA) is 73.2 Å². The summed E-state index contributed by atoms with van der Waals surface area (Å²) in [6.45, 7) is 0.872. The van der Waals surface area contributed by atoms with Gasteiger partial charge >= 0.3 is 0 Å². The quantitative estimate of drug-likeness (QED) is 0.761. The molecule has 2 heterocycles. The van der Waals surface area contributed by atoms with Gasteiger partial charge in [-0.1, -0.05) is 30.3 Å². The highest BCUT2D eigenvalue weighted by atomic mass is 32.2. The zero-order chi connectivity index (χ0) is 17.3. The first-order valence-electron chi connectivity index (χ1n) is 8.24. The average molecular weight is 357 g/mol. The SMILES string of the molecule is O=S(=O)(CCn1cnc2ccccc21)NC1CCOc2ccccc21. The number of benzene rings is 2. The molecule has 1 aliphatic heterocycles. The Hall–Kier alpha value is -2.38. The monoisotopic (exact) mass is 357 g/mol. The minimum absolute atomic E-state index is 0.00682. The van der Waals surface area contributed by atoms with Crippen LogP contribution in [0.3, 0.4) is 0 Å². The van der Waals surface area contributed by atoms with Crippen molar-refractivity contribution in [3.8, 4) is 5.75 Å². The molecule has 0 bridgehead atoms. The van der Waals surface area contributed by atoms with Crippen LogP contribution in [0.4, 0.5) is 0 Å². The number of rotatable bonds is 5. The lowest BCUT2D eigenvalue weighted by Crippen LogP contribution is -2.34. The molecule has 1 aliphatic rings. The molecule has 1 unspecified atom stereocenters. The number of nitrogens with zero attached hydrogens (tertiary/aromatic N) is 2. The lowest BCUT2D eigenvalue weighted by Gasteiger charge is -2.26. The summed E-state index contributed by atoms with van der Waals surface area (Å²) in [7, 11) is -3.42. The number of hydrogen-bond acceptors (Lipinski definition) is 4. The van der Waals surface area contributed by atoms with Crippen molar-refractivity contribution in [2.75, 3.05) is 12.4 Å². The molecule has 0 saturated heterocycles. The number of para-hydroxylation sites is 3. The van der Waals surface area contributed by atoms with Gasteiger partial charge in [-0.2, -0.15) is 0 Å². The van der Waals surface area contributed by atoms with Crippen molar-refractivity contribution in [3.05, 3.63) is 60.4 Å². The summed E-state index contributed by atoms with van der Waals surface area (Å²) in [6.07, 6.45) is 2.31. The smallest absolute Gasteiger partial charge is 0.213 e. The molecule has 1 N–H and O–H groups in total. The molecule has 6 nitrogen and oxygen atoms in total.